The van der Waals surface area contributed by atoms with E-state index in [1.807, 2.05) is 32.0 Å². The number of carbonyl (C=O) groups excluding carboxylic acids is 1. The third kappa shape index (κ3) is 4.34. The van der Waals surface area contributed by atoms with E-state index in [1.54, 1.807) is 7.11 Å². The molecular formula is C13H19NO3. The first kappa shape index (κ1) is 13.4. The van der Waals surface area contributed by atoms with Gasteiger partial charge in [-0.05, 0) is 38.0 Å². The Labute approximate surface area is 102 Å². The Kier molecular flexibility index (Phi) is 5.33. The van der Waals surface area contributed by atoms with E-state index < -0.39 is 0 Å². The molecule has 1 amide bonds. The molecule has 0 aliphatic heterocycles. The van der Waals surface area contributed by atoms with Crippen LogP contribution in [0.15, 0.2) is 18.2 Å². The van der Waals surface area contributed by atoms with Gasteiger partial charge in [0.25, 0.3) is 0 Å². The molecule has 0 atom stereocenters. The highest BCUT2D eigenvalue weighted by atomic mass is 16.5. The lowest BCUT2D eigenvalue weighted by molar-refractivity contribution is -0.109. The highest BCUT2D eigenvalue weighted by Crippen LogP contribution is 2.28. The number of nitrogens with one attached hydrogen (secondary N) is 1. The predicted molar refractivity (Wildman–Crippen MR) is 66.5 cm³/mol. The molecule has 0 bridgehead atoms. The molecule has 0 aliphatic rings. The number of methoxy groups -OCH3 is 1. The number of carbonyl (C=O) groups is 1. The number of rotatable bonds is 7. The van der Waals surface area contributed by atoms with Crippen molar-refractivity contribution in [3.8, 4) is 11.5 Å². The van der Waals surface area contributed by atoms with E-state index >= 15 is 0 Å². The van der Waals surface area contributed by atoms with Crippen molar-refractivity contribution < 1.29 is 14.3 Å². The lowest BCUT2D eigenvalue weighted by atomic mass is 10.1. The maximum Gasteiger partial charge on any atom is 0.207 e. The molecule has 0 aromatic heterocycles. The van der Waals surface area contributed by atoms with Crippen molar-refractivity contribution in [1.29, 1.82) is 0 Å². The summed E-state index contributed by atoms with van der Waals surface area (Å²) in [5.74, 6) is 1.47. The summed E-state index contributed by atoms with van der Waals surface area (Å²) in [5, 5.41) is 2.63. The summed E-state index contributed by atoms with van der Waals surface area (Å²) in [6, 6.07) is 5.81. The largest absolute Gasteiger partial charge is 0.493 e. The van der Waals surface area contributed by atoms with Gasteiger partial charge in [0.2, 0.25) is 6.41 Å². The van der Waals surface area contributed by atoms with Gasteiger partial charge in [-0.15, -0.1) is 0 Å². The van der Waals surface area contributed by atoms with E-state index in [0.29, 0.717) is 13.0 Å². The minimum Gasteiger partial charge on any atom is -0.493 e. The maximum absolute atomic E-state index is 10.1. The summed E-state index contributed by atoms with van der Waals surface area (Å²) in [7, 11) is 1.62. The van der Waals surface area contributed by atoms with Gasteiger partial charge >= 0.3 is 0 Å². The fourth-order valence-electron chi connectivity index (χ4n) is 1.49. The Morgan fingerprint density at radius 3 is 2.71 bits per heavy atom. The van der Waals surface area contributed by atoms with Crippen LogP contribution in [0.25, 0.3) is 0 Å². The van der Waals surface area contributed by atoms with Crippen LogP contribution in [0.2, 0.25) is 0 Å². The van der Waals surface area contributed by atoms with E-state index in [2.05, 4.69) is 5.32 Å². The second-order valence-corrected chi connectivity index (χ2v) is 3.97. The Balaban J connectivity index is 2.73. The number of benzene rings is 1. The molecule has 0 heterocycles. The van der Waals surface area contributed by atoms with Gasteiger partial charge in [-0.3, -0.25) is 4.79 Å². The van der Waals surface area contributed by atoms with Gasteiger partial charge in [0.1, 0.15) is 0 Å². The topological polar surface area (TPSA) is 47.6 Å². The summed E-state index contributed by atoms with van der Waals surface area (Å²) in [6.45, 7) is 4.57. The van der Waals surface area contributed by atoms with Crippen molar-refractivity contribution in [1.82, 2.24) is 5.32 Å². The summed E-state index contributed by atoms with van der Waals surface area (Å²) in [4.78, 5) is 10.1. The first-order chi connectivity index (χ1) is 8.17. The third-order valence-electron chi connectivity index (χ3n) is 2.23. The van der Waals surface area contributed by atoms with Crippen LogP contribution >= 0.6 is 0 Å². The van der Waals surface area contributed by atoms with Crippen LogP contribution in [0, 0.1) is 0 Å². The van der Waals surface area contributed by atoms with Crippen LogP contribution in [0.1, 0.15) is 19.4 Å². The standard InChI is InChI=1S/C13H19NO3/c1-10(2)17-12-5-4-11(6-7-14-9-15)8-13(12)16-3/h4-5,8-10H,6-7H2,1-3H3,(H,14,15). The van der Waals surface area contributed by atoms with Crippen molar-refractivity contribution in [2.45, 2.75) is 26.4 Å². The number of amides is 1. The van der Waals surface area contributed by atoms with Crippen molar-refractivity contribution >= 4 is 6.41 Å². The summed E-state index contributed by atoms with van der Waals surface area (Å²) >= 11 is 0. The lowest BCUT2D eigenvalue weighted by Gasteiger charge is -2.14. The molecule has 4 heteroatoms. The zero-order valence-electron chi connectivity index (χ0n) is 10.5. The van der Waals surface area contributed by atoms with Gasteiger partial charge in [0, 0.05) is 6.54 Å². The molecule has 94 valence electrons. The molecule has 0 saturated heterocycles. The molecule has 17 heavy (non-hydrogen) atoms. The second kappa shape index (κ2) is 6.78. The molecule has 0 spiro atoms. The minimum absolute atomic E-state index is 0.117. The van der Waals surface area contributed by atoms with Crippen molar-refractivity contribution in [3.63, 3.8) is 0 Å². The number of hydrogen-bond acceptors (Lipinski definition) is 3. The van der Waals surface area contributed by atoms with E-state index in [1.165, 1.54) is 0 Å². The first-order valence-corrected chi connectivity index (χ1v) is 5.68. The van der Waals surface area contributed by atoms with Crippen molar-refractivity contribution in [3.05, 3.63) is 23.8 Å². The van der Waals surface area contributed by atoms with Crippen LogP contribution in [0.4, 0.5) is 0 Å². The summed E-state index contributed by atoms with van der Waals surface area (Å²) in [6.07, 6.45) is 1.59. The van der Waals surface area contributed by atoms with E-state index in [9.17, 15) is 4.79 Å². The van der Waals surface area contributed by atoms with E-state index in [4.69, 9.17) is 9.47 Å². The van der Waals surface area contributed by atoms with Crippen LogP contribution in [-0.4, -0.2) is 26.2 Å². The zero-order chi connectivity index (χ0) is 12.7. The molecule has 0 radical (unpaired) electrons. The quantitative estimate of drug-likeness (QED) is 0.581. The van der Waals surface area contributed by atoms with E-state index in [-0.39, 0.29) is 6.10 Å². The fraction of sp³-hybridized carbons (Fsp3) is 0.462. The van der Waals surface area contributed by atoms with Crippen molar-refractivity contribution in [2.24, 2.45) is 0 Å². The van der Waals surface area contributed by atoms with Crippen LogP contribution in [-0.2, 0) is 11.2 Å². The van der Waals surface area contributed by atoms with Crippen LogP contribution < -0.4 is 14.8 Å². The molecule has 4 nitrogen and oxygen atoms in total. The molecule has 0 saturated carbocycles. The highest BCUT2D eigenvalue weighted by Gasteiger charge is 2.07. The van der Waals surface area contributed by atoms with Crippen molar-refractivity contribution in [2.75, 3.05) is 13.7 Å². The first-order valence-electron chi connectivity index (χ1n) is 5.68. The SMILES string of the molecule is COc1cc(CCNC=O)ccc1OC(C)C. The van der Waals surface area contributed by atoms with Gasteiger partial charge in [-0.2, -0.15) is 0 Å². The molecule has 1 aromatic rings. The molecule has 1 N–H and O–H groups in total. The average molecular weight is 237 g/mol. The maximum atomic E-state index is 10.1. The van der Waals surface area contributed by atoms with Crippen LogP contribution in [0.3, 0.4) is 0 Å². The monoisotopic (exact) mass is 237 g/mol. The zero-order valence-corrected chi connectivity index (χ0v) is 10.5. The van der Waals surface area contributed by atoms with Crippen LogP contribution in [0.5, 0.6) is 11.5 Å². The minimum atomic E-state index is 0.117. The fourth-order valence-corrected chi connectivity index (χ4v) is 1.49. The number of ether oxygens (including phenoxy) is 2. The van der Waals surface area contributed by atoms with E-state index in [0.717, 1.165) is 23.5 Å². The lowest BCUT2D eigenvalue weighted by Crippen LogP contribution is -2.14. The van der Waals surface area contributed by atoms with Gasteiger partial charge in [0.05, 0.1) is 13.2 Å². The summed E-state index contributed by atoms with van der Waals surface area (Å²) < 4.78 is 10.9. The number of hydrogen-bond donors (Lipinski definition) is 1. The molecule has 0 unspecified atom stereocenters. The smallest absolute Gasteiger partial charge is 0.207 e. The molecule has 1 rings (SSSR count). The summed E-state index contributed by atoms with van der Waals surface area (Å²) in [5.41, 5.74) is 1.10. The normalized spacial score (nSPS) is 10.1. The van der Waals surface area contributed by atoms with Gasteiger partial charge < -0.3 is 14.8 Å². The molecule has 0 aliphatic carbocycles. The third-order valence-corrected chi connectivity index (χ3v) is 2.23. The van der Waals surface area contributed by atoms with Gasteiger partial charge in [-0.1, -0.05) is 6.07 Å². The Morgan fingerprint density at radius 2 is 2.12 bits per heavy atom. The second-order valence-electron chi connectivity index (χ2n) is 3.97. The Bertz CT molecular complexity index is 364. The molecular weight excluding hydrogens is 218 g/mol. The average Bonchev–Trinajstić information content (AvgIpc) is 2.30. The van der Waals surface area contributed by atoms with Gasteiger partial charge in [0.15, 0.2) is 11.5 Å². The highest BCUT2D eigenvalue weighted by molar-refractivity contribution is 5.46. The predicted octanol–water partition coefficient (Wildman–Crippen LogP) is 1.77. The Hall–Kier alpha value is -1.71. The van der Waals surface area contributed by atoms with Gasteiger partial charge in [-0.25, -0.2) is 0 Å². The molecule has 0 fully saturated rings. The molecule has 1 aromatic carbocycles. The Morgan fingerprint density at radius 1 is 1.35 bits per heavy atom.